The van der Waals surface area contributed by atoms with Crippen LogP contribution in [0.25, 0.3) is 0 Å². The molecule has 2 aromatic rings. The molecule has 0 aliphatic heterocycles. The number of nitrogens with one attached hydrogen (secondary N) is 1. The number of alkyl halides is 2. The highest BCUT2D eigenvalue weighted by Gasteiger charge is 2.13. The minimum Gasteiger partial charge on any atom is -0.352 e. The predicted molar refractivity (Wildman–Crippen MR) is 87.7 cm³/mol. The van der Waals surface area contributed by atoms with Gasteiger partial charge in [-0.05, 0) is 18.7 Å². The Balaban J connectivity index is 1.75. The van der Waals surface area contributed by atoms with Crippen LogP contribution in [0.2, 0.25) is 5.02 Å². The molecule has 0 fully saturated rings. The standard InChI is InChI=1S/C16H19ClF2N4O/c1-22(11-14-20-7-9-23(14)16(18)19)8-6-15(24)21-10-12-4-2-3-5-13(12)17/h2-5,7,9,16H,6,8,10-11H2,1H3,(H,21,24). The first kappa shape index (κ1) is 18.4. The number of aromatic nitrogens is 2. The fourth-order valence-corrected chi connectivity index (χ4v) is 2.38. The number of hydrogen-bond donors (Lipinski definition) is 1. The van der Waals surface area contributed by atoms with Crippen LogP contribution in [0.1, 0.15) is 24.4 Å². The van der Waals surface area contributed by atoms with Gasteiger partial charge in [0.15, 0.2) is 0 Å². The number of carbonyl (C=O) groups is 1. The van der Waals surface area contributed by atoms with E-state index in [1.807, 2.05) is 18.2 Å². The van der Waals surface area contributed by atoms with E-state index in [0.29, 0.717) is 18.1 Å². The molecule has 24 heavy (non-hydrogen) atoms. The number of amides is 1. The van der Waals surface area contributed by atoms with Gasteiger partial charge in [-0.25, -0.2) is 4.98 Å². The molecule has 0 saturated heterocycles. The lowest BCUT2D eigenvalue weighted by Gasteiger charge is -2.17. The molecule has 5 nitrogen and oxygen atoms in total. The Morgan fingerprint density at radius 2 is 2.17 bits per heavy atom. The quantitative estimate of drug-likeness (QED) is 0.790. The molecule has 1 heterocycles. The first-order chi connectivity index (χ1) is 11.5. The summed E-state index contributed by atoms with van der Waals surface area (Å²) in [6.07, 6.45) is 2.84. The van der Waals surface area contributed by atoms with Crippen molar-refractivity contribution in [2.24, 2.45) is 0 Å². The summed E-state index contributed by atoms with van der Waals surface area (Å²) in [6.45, 7) is -1.58. The molecule has 8 heteroatoms. The molecule has 1 aromatic heterocycles. The lowest BCUT2D eigenvalue weighted by molar-refractivity contribution is -0.121. The van der Waals surface area contributed by atoms with Crippen molar-refractivity contribution in [2.75, 3.05) is 13.6 Å². The Kier molecular flexibility index (Phi) is 6.69. The topological polar surface area (TPSA) is 50.2 Å². The summed E-state index contributed by atoms with van der Waals surface area (Å²) in [7, 11) is 1.76. The van der Waals surface area contributed by atoms with E-state index < -0.39 is 6.55 Å². The largest absolute Gasteiger partial charge is 0.352 e. The molecule has 0 atom stereocenters. The normalized spacial score (nSPS) is 11.2. The van der Waals surface area contributed by atoms with Gasteiger partial charge < -0.3 is 5.32 Å². The van der Waals surface area contributed by atoms with Crippen LogP contribution in [-0.4, -0.2) is 34.0 Å². The van der Waals surface area contributed by atoms with Crippen LogP contribution in [0, 0.1) is 0 Å². The number of imidazole rings is 1. The number of carbonyl (C=O) groups excluding carboxylic acids is 1. The van der Waals surface area contributed by atoms with Crippen LogP contribution in [-0.2, 0) is 17.9 Å². The third kappa shape index (κ3) is 5.28. The van der Waals surface area contributed by atoms with Crippen LogP contribution in [0.3, 0.4) is 0 Å². The fourth-order valence-electron chi connectivity index (χ4n) is 2.18. The maximum absolute atomic E-state index is 12.7. The average Bonchev–Trinajstić information content (AvgIpc) is 3.00. The molecule has 130 valence electrons. The van der Waals surface area contributed by atoms with Crippen molar-refractivity contribution in [1.29, 1.82) is 0 Å². The maximum Gasteiger partial charge on any atom is 0.319 e. The predicted octanol–water partition coefficient (Wildman–Crippen LogP) is 3.07. The van der Waals surface area contributed by atoms with Crippen LogP contribution >= 0.6 is 11.6 Å². The number of nitrogens with zero attached hydrogens (tertiary/aromatic N) is 3. The van der Waals surface area contributed by atoms with Crippen LogP contribution < -0.4 is 5.32 Å². The monoisotopic (exact) mass is 356 g/mol. The molecule has 0 radical (unpaired) electrons. The molecule has 0 spiro atoms. The number of hydrogen-bond acceptors (Lipinski definition) is 3. The number of benzene rings is 1. The van der Waals surface area contributed by atoms with Crippen molar-refractivity contribution in [3.05, 3.63) is 53.1 Å². The number of rotatable bonds is 8. The summed E-state index contributed by atoms with van der Waals surface area (Å²) in [5.74, 6) is 0.142. The van der Waals surface area contributed by atoms with E-state index >= 15 is 0 Å². The van der Waals surface area contributed by atoms with Gasteiger partial charge in [0.25, 0.3) is 0 Å². The van der Waals surface area contributed by atoms with Gasteiger partial charge in [0.1, 0.15) is 5.82 Å². The summed E-state index contributed by atoms with van der Waals surface area (Å²) in [5, 5.41) is 3.40. The lowest BCUT2D eigenvalue weighted by atomic mass is 10.2. The zero-order chi connectivity index (χ0) is 17.5. The molecular weight excluding hydrogens is 338 g/mol. The maximum atomic E-state index is 12.7. The van der Waals surface area contributed by atoms with Gasteiger partial charge in [0.05, 0.1) is 6.54 Å². The molecule has 1 aromatic carbocycles. The Labute approximate surface area is 144 Å². The summed E-state index contributed by atoms with van der Waals surface area (Å²) in [6, 6.07) is 7.29. The van der Waals surface area contributed by atoms with Crippen LogP contribution in [0.5, 0.6) is 0 Å². The molecule has 2 rings (SSSR count). The Hall–Kier alpha value is -1.99. The minimum atomic E-state index is -2.62. The van der Waals surface area contributed by atoms with Crippen LogP contribution in [0.15, 0.2) is 36.7 Å². The minimum absolute atomic E-state index is 0.126. The van der Waals surface area contributed by atoms with E-state index in [1.54, 1.807) is 18.0 Å². The van der Waals surface area contributed by atoms with Crippen molar-refractivity contribution in [3.63, 3.8) is 0 Å². The molecule has 1 N–H and O–H groups in total. The zero-order valence-electron chi connectivity index (χ0n) is 13.3. The Morgan fingerprint density at radius 1 is 1.42 bits per heavy atom. The summed E-state index contributed by atoms with van der Waals surface area (Å²) in [5.41, 5.74) is 0.847. The summed E-state index contributed by atoms with van der Waals surface area (Å²) < 4.78 is 26.3. The first-order valence-corrected chi connectivity index (χ1v) is 7.83. The van der Waals surface area contributed by atoms with Gasteiger partial charge >= 0.3 is 6.55 Å². The Morgan fingerprint density at radius 3 is 2.88 bits per heavy atom. The van der Waals surface area contributed by atoms with Gasteiger partial charge in [-0.15, -0.1) is 0 Å². The van der Waals surface area contributed by atoms with E-state index in [2.05, 4.69) is 10.3 Å². The number of halogens is 3. The molecule has 0 aliphatic carbocycles. The molecule has 0 saturated carbocycles. The highest BCUT2D eigenvalue weighted by atomic mass is 35.5. The summed E-state index contributed by atoms with van der Waals surface area (Å²) in [4.78, 5) is 17.6. The highest BCUT2D eigenvalue weighted by Crippen LogP contribution is 2.15. The third-order valence-corrected chi connectivity index (χ3v) is 3.89. The molecule has 0 aliphatic rings. The van der Waals surface area contributed by atoms with E-state index in [9.17, 15) is 13.6 Å². The van der Waals surface area contributed by atoms with Crippen molar-refractivity contribution >= 4 is 17.5 Å². The lowest BCUT2D eigenvalue weighted by Crippen LogP contribution is -2.29. The smallest absolute Gasteiger partial charge is 0.319 e. The van der Waals surface area contributed by atoms with Gasteiger partial charge in [-0.2, -0.15) is 8.78 Å². The van der Waals surface area contributed by atoms with E-state index in [1.165, 1.54) is 12.4 Å². The second-order valence-electron chi connectivity index (χ2n) is 5.38. The van der Waals surface area contributed by atoms with E-state index in [-0.39, 0.29) is 24.7 Å². The molecule has 0 unspecified atom stereocenters. The summed E-state index contributed by atoms with van der Waals surface area (Å²) >= 11 is 6.02. The molecule has 1 amide bonds. The third-order valence-electron chi connectivity index (χ3n) is 3.52. The second-order valence-corrected chi connectivity index (χ2v) is 5.79. The van der Waals surface area contributed by atoms with Crippen molar-refractivity contribution < 1.29 is 13.6 Å². The van der Waals surface area contributed by atoms with E-state index in [4.69, 9.17) is 11.6 Å². The zero-order valence-corrected chi connectivity index (χ0v) is 14.0. The van der Waals surface area contributed by atoms with Crippen molar-refractivity contribution in [2.45, 2.75) is 26.1 Å². The van der Waals surface area contributed by atoms with Gasteiger partial charge in [-0.1, -0.05) is 29.8 Å². The average molecular weight is 357 g/mol. The molecular formula is C16H19ClF2N4O. The molecule has 0 bridgehead atoms. The first-order valence-electron chi connectivity index (χ1n) is 7.46. The SMILES string of the molecule is CN(CCC(=O)NCc1ccccc1Cl)Cc1nccn1C(F)F. The highest BCUT2D eigenvalue weighted by molar-refractivity contribution is 6.31. The van der Waals surface area contributed by atoms with Crippen molar-refractivity contribution in [3.8, 4) is 0 Å². The van der Waals surface area contributed by atoms with E-state index in [0.717, 1.165) is 10.1 Å². The van der Waals surface area contributed by atoms with Gasteiger partial charge in [0.2, 0.25) is 5.91 Å². The van der Waals surface area contributed by atoms with Crippen molar-refractivity contribution in [1.82, 2.24) is 19.8 Å². The van der Waals surface area contributed by atoms with Gasteiger partial charge in [0, 0.05) is 36.9 Å². The fraction of sp³-hybridized carbons (Fsp3) is 0.375. The van der Waals surface area contributed by atoms with Gasteiger partial charge in [-0.3, -0.25) is 14.3 Å². The second kappa shape index (κ2) is 8.75. The van der Waals surface area contributed by atoms with Crippen LogP contribution in [0.4, 0.5) is 8.78 Å². The Bertz CT molecular complexity index is 678.